The van der Waals surface area contributed by atoms with Crippen molar-refractivity contribution in [1.29, 1.82) is 0 Å². The molecule has 2 N–H and O–H groups in total. The molecule has 0 heterocycles. The highest BCUT2D eigenvalue weighted by Gasteiger charge is 2.54. The van der Waals surface area contributed by atoms with Gasteiger partial charge in [-0.05, 0) is 100 Å². The van der Waals surface area contributed by atoms with Gasteiger partial charge in [0.05, 0.1) is 6.54 Å². The Morgan fingerprint density at radius 1 is 0.923 bits per heavy atom. The highest BCUT2D eigenvalue weighted by molar-refractivity contribution is 5.88. The second-order valence-electron chi connectivity index (χ2n) is 10.6. The molecule has 4 atom stereocenters. The van der Waals surface area contributed by atoms with Crippen molar-refractivity contribution in [2.24, 2.45) is 40.9 Å². The van der Waals surface area contributed by atoms with Crippen LogP contribution in [0.4, 0.5) is 0 Å². The van der Waals surface area contributed by atoms with Crippen LogP contribution in [0.5, 0.6) is 0 Å². The van der Waals surface area contributed by atoms with Gasteiger partial charge < -0.3 is 10.6 Å². The first-order valence-corrected chi connectivity index (χ1v) is 11.1. The molecule has 4 unspecified atom stereocenters. The number of hydrogen-bond donors (Lipinski definition) is 2. The van der Waals surface area contributed by atoms with Gasteiger partial charge in [0.25, 0.3) is 0 Å². The minimum atomic E-state index is -0.148. The largest absolute Gasteiger partial charge is 0.352 e. The summed E-state index contributed by atoms with van der Waals surface area (Å²) in [5, 5.41) is 6.20. The summed E-state index contributed by atoms with van der Waals surface area (Å²) >= 11 is 0. The fourth-order valence-electron chi connectivity index (χ4n) is 8.06. The molecule has 6 saturated carbocycles. The maximum absolute atomic E-state index is 13.0. The van der Waals surface area contributed by atoms with Gasteiger partial charge in [0, 0.05) is 11.5 Å². The lowest BCUT2D eigenvalue weighted by atomic mass is 9.49. The fourth-order valence-corrected chi connectivity index (χ4v) is 8.06. The normalized spacial score (nSPS) is 46.3. The molecule has 0 radical (unpaired) electrons. The molecule has 4 heteroatoms. The first kappa shape index (κ1) is 17.1. The van der Waals surface area contributed by atoms with Crippen LogP contribution in [0, 0.1) is 40.9 Å². The van der Waals surface area contributed by atoms with E-state index in [1.54, 1.807) is 0 Å². The van der Waals surface area contributed by atoms with Crippen LogP contribution in [0.15, 0.2) is 0 Å². The second-order valence-corrected chi connectivity index (χ2v) is 10.6. The van der Waals surface area contributed by atoms with Crippen LogP contribution in [-0.2, 0) is 9.59 Å². The van der Waals surface area contributed by atoms with Crippen molar-refractivity contribution in [2.75, 3.05) is 6.54 Å². The second kappa shape index (κ2) is 6.24. The van der Waals surface area contributed by atoms with Gasteiger partial charge >= 0.3 is 0 Å². The molecule has 4 nitrogen and oxygen atoms in total. The zero-order valence-corrected chi connectivity index (χ0v) is 16.1. The van der Waals surface area contributed by atoms with Gasteiger partial charge in [-0.2, -0.15) is 0 Å². The van der Waals surface area contributed by atoms with Gasteiger partial charge in [-0.25, -0.2) is 0 Å². The van der Waals surface area contributed by atoms with Crippen LogP contribution in [0.3, 0.4) is 0 Å². The lowest BCUT2D eigenvalue weighted by Gasteiger charge is -2.55. The molecule has 0 aromatic heterocycles. The van der Waals surface area contributed by atoms with Gasteiger partial charge in [-0.15, -0.1) is 0 Å². The van der Waals surface area contributed by atoms with Crippen molar-refractivity contribution in [2.45, 2.75) is 77.2 Å². The van der Waals surface area contributed by atoms with Crippen LogP contribution in [0.1, 0.15) is 71.1 Å². The van der Waals surface area contributed by atoms with Gasteiger partial charge in [-0.1, -0.05) is 6.42 Å². The van der Waals surface area contributed by atoms with Crippen LogP contribution < -0.4 is 10.6 Å². The lowest BCUT2D eigenvalue weighted by Crippen LogP contribution is -2.55. The zero-order chi connectivity index (χ0) is 17.9. The van der Waals surface area contributed by atoms with Crippen LogP contribution in [0.25, 0.3) is 0 Å². The number of amides is 2. The van der Waals surface area contributed by atoms with Crippen molar-refractivity contribution in [3.8, 4) is 0 Å². The van der Waals surface area contributed by atoms with E-state index in [2.05, 4.69) is 17.6 Å². The summed E-state index contributed by atoms with van der Waals surface area (Å²) in [4.78, 5) is 25.4. The third-order valence-electron chi connectivity index (χ3n) is 8.75. The van der Waals surface area contributed by atoms with Crippen LogP contribution >= 0.6 is 0 Å². The molecular formula is C22H34N2O2. The summed E-state index contributed by atoms with van der Waals surface area (Å²) in [5.74, 6) is 4.82. The molecule has 6 aliphatic carbocycles. The van der Waals surface area contributed by atoms with Crippen molar-refractivity contribution in [3.63, 3.8) is 0 Å². The van der Waals surface area contributed by atoms with E-state index in [-0.39, 0.29) is 29.8 Å². The summed E-state index contributed by atoms with van der Waals surface area (Å²) in [6.45, 7) is 2.32. The van der Waals surface area contributed by atoms with E-state index < -0.39 is 0 Å². The molecule has 6 fully saturated rings. The predicted molar refractivity (Wildman–Crippen MR) is 100 cm³/mol. The quantitative estimate of drug-likeness (QED) is 0.792. The Hall–Kier alpha value is -1.06. The predicted octanol–water partition coefficient (Wildman–Crippen LogP) is 3.26. The number of nitrogens with one attached hydrogen (secondary N) is 2. The van der Waals surface area contributed by atoms with Gasteiger partial charge in [0.1, 0.15) is 0 Å². The van der Waals surface area contributed by atoms with Gasteiger partial charge in [0.2, 0.25) is 11.8 Å². The lowest BCUT2D eigenvalue weighted by molar-refractivity contribution is -0.147. The summed E-state index contributed by atoms with van der Waals surface area (Å²) in [7, 11) is 0. The summed E-state index contributed by atoms with van der Waals surface area (Å²) in [5.41, 5.74) is -0.148. The fraction of sp³-hybridized carbons (Fsp3) is 0.909. The Bertz CT molecular complexity index is 566. The Kier molecular flexibility index (Phi) is 4.09. The molecule has 2 amide bonds. The van der Waals surface area contributed by atoms with E-state index in [1.165, 1.54) is 44.9 Å². The van der Waals surface area contributed by atoms with Crippen LogP contribution in [0.2, 0.25) is 0 Å². The monoisotopic (exact) mass is 358 g/mol. The Balaban J connectivity index is 1.13. The topological polar surface area (TPSA) is 58.2 Å². The summed E-state index contributed by atoms with van der Waals surface area (Å²) in [6.07, 6.45) is 12.6. The van der Waals surface area contributed by atoms with E-state index in [1.807, 2.05) is 0 Å². The molecule has 0 aromatic rings. The number of hydrogen-bond acceptors (Lipinski definition) is 2. The van der Waals surface area contributed by atoms with Gasteiger partial charge in [-0.3, -0.25) is 9.59 Å². The van der Waals surface area contributed by atoms with Crippen molar-refractivity contribution >= 4 is 11.8 Å². The van der Waals surface area contributed by atoms with Crippen molar-refractivity contribution in [3.05, 3.63) is 0 Å². The Morgan fingerprint density at radius 3 is 2.12 bits per heavy atom. The highest BCUT2D eigenvalue weighted by atomic mass is 16.2. The standard InChI is InChI=1S/C22H34N2O2/c1-13(19-8-14-2-3-18(19)7-14)24-20(25)12-23-21(26)22-9-15-4-16(10-22)6-17(5-15)11-22/h13-19H,2-12H2,1H3,(H,23,26)(H,24,25). The number of fused-ring (bicyclic) bond motifs is 2. The molecule has 0 spiro atoms. The molecule has 6 rings (SSSR count). The Labute approximate surface area is 157 Å². The molecule has 6 aliphatic rings. The zero-order valence-electron chi connectivity index (χ0n) is 16.1. The van der Waals surface area contributed by atoms with E-state index in [4.69, 9.17) is 0 Å². The first-order chi connectivity index (χ1) is 12.5. The number of carbonyl (C=O) groups is 2. The highest BCUT2D eigenvalue weighted by Crippen LogP contribution is 2.60. The molecule has 0 aromatic carbocycles. The first-order valence-electron chi connectivity index (χ1n) is 11.1. The molecule has 6 bridgehead atoms. The van der Waals surface area contributed by atoms with Gasteiger partial charge in [0.15, 0.2) is 0 Å². The third-order valence-corrected chi connectivity index (χ3v) is 8.75. The SMILES string of the molecule is CC(NC(=O)CNC(=O)C12CC3CC(CC(C3)C1)C2)C1CC2CCC1C2. The van der Waals surface area contributed by atoms with Crippen molar-refractivity contribution < 1.29 is 9.59 Å². The number of carbonyl (C=O) groups excluding carboxylic acids is 2. The average molecular weight is 359 g/mol. The van der Waals surface area contributed by atoms with E-state index in [9.17, 15) is 9.59 Å². The molecule has 144 valence electrons. The summed E-state index contributed by atoms with van der Waals surface area (Å²) < 4.78 is 0. The average Bonchev–Trinajstić information content (AvgIpc) is 3.21. The third kappa shape index (κ3) is 2.88. The van der Waals surface area contributed by atoms with Crippen LogP contribution in [-0.4, -0.2) is 24.4 Å². The minimum Gasteiger partial charge on any atom is -0.352 e. The molecule has 26 heavy (non-hydrogen) atoms. The van der Waals surface area contributed by atoms with E-state index in [0.29, 0.717) is 5.92 Å². The van der Waals surface area contributed by atoms with E-state index in [0.717, 1.165) is 48.9 Å². The molecular weight excluding hydrogens is 324 g/mol. The summed E-state index contributed by atoms with van der Waals surface area (Å²) in [6, 6.07) is 0.245. The smallest absolute Gasteiger partial charge is 0.239 e. The van der Waals surface area contributed by atoms with E-state index >= 15 is 0 Å². The maximum Gasteiger partial charge on any atom is 0.239 e. The van der Waals surface area contributed by atoms with Crippen molar-refractivity contribution in [1.82, 2.24) is 10.6 Å². The molecule has 0 aliphatic heterocycles. The minimum absolute atomic E-state index is 0.00153. The maximum atomic E-state index is 13.0. The molecule has 0 saturated heterocycles. The Morgan fingerprint density at radius 2 is 1.58 bits per heavy atom. The number of rotatable bonds is 5.